The van der Waals surface area contributed by atoms with E-state index in [1.165, 1.54) is 0 Å². The van der Waals surface area contributed by atoms with E-state index < -0.39 is 30.3 Å². The maximum absolute atomic E-state index is 12.5. The Kier molecular flexibility index (Phi) is 4.64. The van der Waals surface area contributed by atoms with Crippen molar-refractivity contribution in [2.75, 3.05) is 6.79 Å². The zero-order chi connectivity index (χ0) is 18.1. The molecule has 0 radical (unpaired) electrons. The van der Waals surface area contributed by atoms with Gasteiger partial charge < -0.3 is 19.7 Å². The Hall–Kier alpha value is -2.59. The summed E-state index contributed by atoms with van der Waals surface area (Å²) in [5.74, 6) is -2.26. The molecule has 1 saturated heterocycles. The maximum Gasteiger partial charge on any atom is 0.327 e. The van der Waals surface area contributed by atoms with Crippen molar-refractivity contribution in [1.29, 1.82) is 0 Å². The summed E-state index contributed by atoms with van der Waals surface area (Å²) in [6.45, 7) is 0.121. The van der Waals surface area contributed by atoms with Gasteiger partial charge in [0, 0.05) is 0 Å². The lowest BCUT2D eigenvalue weighted by Crippen LogP contribution is -2.45. The van der Waals surface area contributed by atoms with Gasteiger partial charge in [0.25, 0.3) is 5.91 Å². The van der Waals surface area contributed by atoms with E-state index >= 15 is 0 Å². The van der Waals surface area contributed by atoms with Crippen LogP contribution in [0.4, 0.5) is 0 Å². The predicted octanol–water partition coefficient (Wildman–Crippen LogP) is 1.54. The van der Waals surface area contributed by atoms with Crippen LogP contribution in [0.5, 0.6) is 11.5 Å². The standard InChI is InChI=1S/C15H11NO7S2/c17-12(18)5-8(14(20)21)16-13(19)11(25-15(16)24)4-7-1-2-9-10(3-7)23-6-22-9/h1-4,8H,5-6H2,(H,17,18)(H,20,21)/b11-4+/t8-/m0/s1. The molecule has 10 heteroatoms. The third kappa shape index (κ3) is 3.44. The highest BCUT2D eigenvalue weighted by atomic mass is 32.2. The first-order valence-electron chi connectivity index (χ1n) is 6.98. The number of fused-ring (bicyclic) bond motifs is 1. The topological polar surface area (TPSA) is 113 Å². The molecule has 1 amide bonds. The molecule has 2 aliphatic heterocycles. The largest absolute Gasteiger partial charge is 0.481 e. The van der Waals surface area contributed by atoms with E-state index in [1.807, 2.05) is 0 Å². The molecule has 0 bridgehead atoms. The first-order valence-corrected chi connectivity index (χ1v) is 8.20. The van der Waals surface area contributed by atoms with Crippen LogP contribution in [0.25, 0.3) is 6.08 Å². The van der Waals surface area contributed by atoms with Gasteiger partial charge in [0.2, 0.25) is 6.79 Å². The summed E-state index contributed by atoms with van der Waals surface area (Å²) in [6.07, 6.45) is 0.806. The van der Waals surface area contributed by atoms with Crippen molar-refractivity contribution >= 4 is 52.2 Å². The lowest BCUT2D eigenvalue weighted by Gasteiger charge is -2.21. The number of benzene rings is 1. The van der Waals surface area contributed by atoms with Gasteiger partial charge in [-0.2, -0.15) is 0 Å². The predicted molar refractivity (Wildman–Crippen MR) is 91.3 cm³/mol. The normalized spacial score (nSPS) is 18.7. The van der Waals surface area contributed by atoms with Crippen molar-refractivity contribution in [3.63, 3.8) is 0 Å². The van der Waals surface area contributed by atoms with E-state index in [1.54, 1.807) is 24.3 Å². The average molecular weight is 381 g/mol. The van der Waals surface area contributed by atoms with E-state index in [4.69, 9.17) is 26.8 Å². The fourth-order valence-electron chi connectivity index (χ4n) is 2.36. The Morgan fingerprint density at radius 3 is 2.72 bits per heavy atom. The number of thioether (sulfide) groups is 1. The zero-order valence-corrected chi connectivity index (χ0v) is 14.1. The quantitative estimate of drug-likeness (QED) is 0.579. The van der Waals surface area contributed by atoms with Crippen molar-refractivity contribution < 1.29 is 34.1 Å². The monoisotopic (exact) mass is 381 g/mol. The number of carboxylic acids is 2. The maximum atomic E-state index is 12.5. The van der Waals surface area contributed by atoms with Crippen molar-refractivity contribution in [3.05, 3.63) is 28.7 Å². The molecule has 0 aromatic heterocycles. The molecule has 2 N–H and O–H groups in total. The fraction of sp³-hybridized carbons (Fsp3) is 0.200. The van der Waals surface area contributed by atoms with E-state index in [0.29, 0.717) is 17.1 Å². The molecule has 1 atom stereocenters. The number of thiocarbonyl (C=S) groups is 1. The number of nitrogens with zero attached hydrogens (tertiary/aromatic N) is 1. The Morgan fingerprint density at radius 2 is 2.04 bits per heavy atom. The van der Waals surface area contributed by atoms with Gasteiger partial charge in [-0.3, -0.25) is 14.5 Å². The number of carbonyl (C=O) groups excluding carboxylic acids is 1. The summed E-state index contributed by atoms with van der Waals surface area (Å²) >= 11 is 5.99. The molecular formula is C15H11NO7S2. The molecule has 0 spiro atoms. The molecule has 25 heavy (non-hydrogen) atoms. The molecular weight excluding hydrogens is 370 g/mol. The molecule has 1 aromatic rings. The Morgan fingerprint density at radius 1 is 1.32 bits per heavy atom. The summed E-state index contributed by atoms with van der Waals surface area (Å²) in [7, 11) is 0. The van der Waals surface area contributed by atoms with E-state index in [2.05, 4.69) is 0 Å². The molecule has 1 aromatic carbocycles. The van der Waals surface area contributed by atoms with Crippen LogP contribution in [-0.4, -0.2) is 50.1 Å². The molecule has 0 unspecified atom stereocenters. The lowest BCUT2D eigenvalue weighted by atomic mass is 10.1. The minimum absolute atomic E-state index is 0.00523. The third-order valence-corrected chi connectivity index (χ3v) is 4.81. The van der Waals surface area contributed by atoms with Crippen LogP contribution >= 0.6 is 24.0 Å². The van der Waals surface area contributed by atoms with Crippen molar-refractivity contribution in [2.45, 2.75) is 12.5 Å². The van der Waals surface area contributed by atoms with Gasteiger partial charge >= 0.3 is 11.9 Å². The number of carboxylic acid groups (broad SMARTS) is 2. The van der Waals surface area contributed by atoms with Gasteiger partial charge in [0.1, 0.15) is 10.4 Å². The second-order valence-electron chi connectivity index (χ2n) is 5.12. The number of amides is 1. The molecule has 2 aliphatic rings. The molecule has 0 aliphatic carbocycles. The lowest BCUT2D eigenvalue weighted by molar-refractivity contribution is -0.150. The summed E-state index contributed by atoms with van der Waals surface area (Å²) in [6, 6.07) is 3.54. The van der Waals surface area contributed by atoms with Crippen molar-refractivity contribution in [3.8, 4) is 11.5 Å². The van der Waals surface area contributed by atoms with Gasteiger partial charge in [-0.15, -0.1) is 0 Å². The Bertz CT molecular complexity index is 820. The molecule has 8 nitrogen and oxygen atoms in total. The van der Waals surface area contributed by atoms with Gasteiger partial charge in [-0.25, -0.2) is 4.79 Å². The highest BCUT2D eigenvalue weighted by molar-refractivity contribution is 8.26. The van der Waals surface area contributed by atoms with E-state index in [-0.39, 0.29) is 16.0 Å². The molecule has 3 rings (SSSR count). The Labute approximate surface area is 151 Å². The highest BCUT2D eigenvalue weighted by Crippen LogP contribution is 2.37. The molecule has 0 saturated carbocycles. The first-order chi connectivity index (χ1) is 11.9. The van der Waals surface area contributed by atoms with E-state index in [0.717, 1.165) is 16.7 Å². The van der Waals surface area contributed by atoms with Crippen LogP contribution in [0.3, 0.4) is 0 Å². The first kappa shape index (κ1) is 17.2. The van der Waals surface area contributed by atoms with Crippen LogP contribution in [0.15, 0.2) is 23.1 Å². The number of hydrogen-bond acceptors (Lipinski definition) is 7. The van der Waals surface area contributed by atoms with Crippen LogP contribution in [0.2, 0.25) is 0 Å². The second kappa shape index (κ2) is 6.73. The second-order valence-corrected chi connectivity index (χ2v) is 6.79. The van der Waals surface area contributed by atoms with Crippen molar-refractivity contribution in [1.82, 2.24) is 4.90 Å². The zero-order valence-electron chi connectivity index (χ0n) is 12.5. The number of hydrogen-bond donors (Lipinski definition) is 2. The number of aliphatic carboxylic acids is 2. The summed E-state index contributed by atoms with van der Waals surface area (Å²) in [5.41, 5.74) is 0.648. The smallest absolute Gasteiger partial charge is 0.327 e. The average Bonchev–Trinajstić information content (AvgIpc) is 3.10. The summed E-state index contributed by atoms with van der Waals surface area (Å²) < 4.78 is 10.5. The minimum Gasteiger partial charge on any atom is -0.481 e. The summed E-state index contributed by atoms with van der Waals surface area (Å²) in [5, 5.41) is 18.1. The molecule has 2 heterocycles. The third-order valence-electron chi connectivity index (χ3n) is 3.48. The van der Waals surface area contributed by atoms with Crippen LogP contribution in [0, 0.1) is 0 Å². The SMILES string of the molecule is O=C(O)C[C@@H](C(=O)O)N1C(=O)/C(=C\c2ccc3c(c2)OCO3)SC1=S. The summed E-state index contributed by atoms with van der Waals surface area (Å²) in [4.78, 5) is 35.8. The van der Waals surface area contributed by atoms with Crippen LogP contribution < -0.4 is 9.47 Å². The number of ether oxygens (including phenoxy) is 2. The van der Waals surface area contributed by atoms with Crippen LogP contribution in [-0.2, 0) is 14.4 Å². The van der Waals surface area contributed by atoms with Gasteiger partial charge in [-0.05, 0) is 23.8 Å². The van der Waals surface area contributed by atoms with Crippen LogP contribution in [0.1, 0.15) is 12.0 Å². The Balaban J connectivity index is 1.87. The number of rotatable bonds is 5. The van der Waals surface area contributed by atoms with Gasteiger partial charge in [0.05, 0.1) is 11.3 Å². The van der Waals surface area contributed by atoms with Gasteiger partial charge in [-0.1, -0.05) is 30.0 Å². The minimum atomic E-state index is -1.55. The van der Waals surface area contributed by atoms with E-state index in [9.17, 15) is 19.5 Å². The molecule has 130 valence electrons. The fourth-order valence-corrected chi connectivity index (χ4v) is 3.71. The highest BCUT2D eigenvalue weighted by Gasteiger charge is 2.41. The van der Waals surface area contributed by atoms with Crippen molar-refractivity contribution in [2.24, 2.45) is 0 Å². The number of carbonyl (C=O) groups is 3. The van der Waals surface area contributed by atoms with Gasteiger partial charge in [0.15, 0.2) is 11.5 Å². The molecule has 1 fully saturated rings.